The van der Waals surface area contributed by atoms with E-state index in [2.05, 4.69) is 11.9 Å². The molecule has 0 heterocycles. The Morgan fingerprint density at radius 2 is 1.81 bits per heavy atom. The van der Waals surface area contributed by atoms with Crippen molar-refractivity contribution in [3.63, 3.8) is 0 Å². The zero-order valence-corrected chi connectivity index (χ0v) is 15.3. The van der Waals surface area contributed by atoms with Gasteiger partial charge >= 0.3 is 12.1 Å². The first-order chi connectivity index (χ1) is 13.0. The van der Waals surface area contributed by atoms with Gasteiger partial charge in [-0.25, -0.2) is 9.59 Å². The fourth-order valence-corrected chi connectivity index (χ4v) is 3.30. The quantitative estimate of drug-likeness (QED) is 0.478. The molecule has 0 aromatic heterocycles. The van der Waals surface area contributed by atoms with E-state index >= 15 is 0 Å². The van der Waals surface area contributed by atoms with Crippen molar-refractivity contribution in [2.24, 2.45) is 0 Å². The second-order valence-corrected chi connectivity index (χ2v) is 6.62. The summed E-state index contributed by atoms with van der Waals surface area (Å²) in [5.41, 5.74) is 2.05. The van der Waals surface area contributed by atoms with Crippen LogP contribution in [0.4, 0.5) is 4.79 Å². The maximum atomic E-state index is 12.3. The number of benzene rings is 2. The molecule has 0 unspecified atom stereocenters. The minimum atomic E-state index is -0.620. The van der Waals surface area contributed by atoms with Crippen LogP contribution in [-0.2, 0) is 22.4 Å². The normalized spacial score (nSPS) is 12.9. The van der Waals surface area contributed by atoms with Crippen molar-refractivity contribution < 1.29 is 24.2 Å². The molecular formula is C21H23NO5. The van der Waals surface area contributed by atoms with Crippen molar-refractivity contribution in [2.75, 3.05) is 13.2 Å². The Kier molecular flexibility index (Phi) is 5.64. The molecule has 1 aliphatic rings. The van der Waals surface area contributed by atoms with E-state index in [-0.39, 0.29) is 18.9 Å². The summed E-state index contributed by atoms with van der Waals surface area (Å²) in [6.07, 6.45) is 2.89. The Morgan fingerprint density at radius 1 is 1.15 bits per heavy atom. The summed E-state index contributed by atoms with van der Waals surface area (Å²) in [6.45, 7) is 5.23. The summed E-state index contributed by atoms with van der Waals surface area (Å²) in [7, 11) is 0. The van der Waals surface area contributed by atoms with Gasteiger partial charge in [0.2, 0.25) is 0 Å². The lowest BCUT2D eigenvalue weighted by Gasteiger charge is -2.22. The summed E-state index contributed by atoms with van der Waals surface area (Å²) in [5.74, 6) is 0.276. The third-order valence-electron chi connectivity index (χ3n) is 4.60. The minimum absolute atomic E-state index is 0.0369. The number of hydrogen-bond acceptors (Lipinski definition) is 5. The molecule has 0 spiro atoms. The lowest BCUT2D eigenvalue weighted by atomic mass is 9.87. The number of hydrogen-bond donors (Lipinski definition) is 2. The first kappa shape index (κ1) is 18.8. The summed E-state index contributed by atoms with van der Waals surface area (Å²) in [6, 6.07) is 7.35. The molecule has 0 atom stereocenters. The summed E-state index contributed by atoms with van der Waals surface area (Å²) in [5, 5.41) is 14.6. The van der Waals surface area contributed by atoms with Gasteiger partial charge in [-0.2, -0.15) is 0 Å². The molecule has 27 heavy (non-hydrogen) atoms. The van der Waals surface area contributed by atoms with Gasteiger partial charge in [-0.05, 0) is 32.6 Å². The van der Waals surface area contributed by atoms with Gasteiger partial charge in [0.1, 0.15) is 18.1 Å². The molecule has 0 fully saturated rings. The Balaban J connectivity index is 1.76. The van der Waals surface area contributed by atoms with E-state index in [0.717, 1.165) is 36.8 Å². The van der Waals surface area contributed by atoms with Gasteiger partial charge in [0.05, 0.1) is 6.54 Å². The Hall–Kier alpha value is -3.02. The average Bonchev–Trinajstić information content (AvgIpc) is 2.68. The van der Waals surface area contributed by atoms with E-state index in [1.807, 2.05) is 24.3 Å². The standard InChI is InChI=1S/C21H23NO5/c1-13(2)20(24)26-12-11-22-21(25)27-19-16-9-5-3-7-14(16)18(23)15-8-4-6-10-17(15)19/h3,5,7,9,23H,1,4,6,8,10-12H2,2H3,(H,22,25). The lowest BCUT2D eigenvalue weighted by molar-refractivity contribution is -0.138. The van der Waals surface area contributed by atoms with Crippen molar-refractivity contribution >= 4 is 22.8 Å². The van der Waals surface area contributed by atoms with Crippen LogP contribution in [0.2, 0.25) is 0 Å². The van der Waals surface area contributed by atoms with Gasteiger partial charge in [0.15, 0.2) is 0 Å². The first-order valence-electron chi connectivity index (χ1n) is 9.02. The van der Waals surface area contributed by atoms with Crippen molar-refractivity contribution in [3.05, 3.63) is 47.5 Å². The van der Waals surface area contributed by atoms with Crippen molar-refractivity contribution in [2.45, 2.75) is 32.6 Å². The van der Waals surface area contributed by atoms with E-state index in [1.54, 1.807) is 6.92 Å². The highest BCUT2D eigenvalue weighted by atomic mass is 16.6. The minimum Gasteiger partial charge on any atom is -0.507 e. The van der Waals surface area contributed by atoms with Gasteiger partial charge in [0.25, 0.3) is 0 Å². The van der Waals surface area contributed by atoms with Crippen molar-refractivity contribution in [1.82, 2.24) is 5.32 Å². The molecule has 1 aliphatic carbocycles. The lowest BCUT2D eigenvalue weighted by Crippen LogP contribution is -2.31. The number of aromatic hydroxyl groups is 1. The first-order valence-corrected chi connectivity index (χ1v) is 9.02. The summed E-state index contributed by atoms with van der Waals surface area (Å²) >= 11 is 0. The van der Waals surface area contributed by atoms with E-state index < -0.39 is 12.1 Å². The van der Waals surface area contributed by atoms with Gasteiger partial charge < -0.3 is 19.9 Å². The molecule has 2 aromatic carbocycles. The predicted molar refractivity (Wildman–Crippen MR) is 102 cm³/mol. The van der Waals surface area contributed by atoms with Crippen molar-refractivity contribution in [3.8, 4) is 11.5 Å². The van der Waals surface area contributed by atoms with Crippen LogP contribution < -0.4 is 10.1 Å². The summed E-state index contributed by atoms with van der Waals surface area (Å²) < 4.78 is 10.6. The van der Waals surface area contributed by atoms with Crippen molar-refractivity contribution in [1.29, 1.82) is 0 Å². The Morgan fingerprint density at radius 3 is 2.52 bits per heavy atom. The van der Waals surface area contributed by atoms with Crippen LogP contribution in [0.15, 0.2) is 36.4 Å². The van der Waals surface area contributed by atoms with Crippen LogP contribution in [-0.4, -0.2) is 30.3 Å². The zero-order valence-electron chi connectivity index (χ0n) is 15.3. The molecule has 0 radical (unpaired) electrons. The molecule has 0 aliphatic heterocycles. The van der Waals surface area contributed by atoms with E-state index in [9.17, 15) is 14.7 Å². The molecule has 2 aromatic rings. The molecule has 1 amide bonds. The SMILES string of the molecule is C=C(C)C(=O)OCCNC(=O)Oc1c2c(c(O)c3ccccc13)CCCC2. The Labute approximate surface area is 157 Å². The summed E-state index contributed by atoms with van der Waals surface area (Å²) in [4.78, 5) is 23.6. The maximum absolute atomic E-state index is 12.3. The van der Waals surface area contributed by atoms with Gasteiger partial charge in [-0.1, -0.05) is 30.8 Å². The molecule has 0 saturated carbocycles. The fraction of sp³-hybridized carbons (Fsp3) is 0.333. The molecular weight excluding hydrogens is 346 g/mol. The smallest absolute Gasteiger partial charge is 0.412 e. The van der Waals surface area contributed by atoms with Gasteiger partial charge in [-0.15, -0.1) is 0 Å². The topological polar surface area (TPSA) is 84.9 Å². The number of rotatable bonds is 5. The monoisotopic (exact) mass is 369 g/mol. The van der Waals surface area contributed by atoms with Crippen LogP contribution >= 0.6 is 0 Å². The molecule has 0 saturated heterocycles. The number of ether oxygens (including phenoxy) is 2. The number of carbonyl (C=O) groups is 2. The van der Waals surface area contributed by atoms with Gasteiger partial charge in [-0.3, -0.25) is 0 Å². The highest BCUT2D eigenvalue weighted by molar-refractivity contribution is 5.97. The number of phenols is 1. The number of nitrogens with one attached hydrogen (secondary N) is 1. The molecule has 0 bridgehead atoms. The fourth-order valence-electron chi connectivity index (χ4n) is 3.30. The molecule has 142 valence electrons. The number of phenolic OH excluding ortho intramolecular Hbond substituents is 1. The second-order valence-electron chi connectivity index (χ2n) is 6.62. The van der Waals surface area contributed by atoms with Gasteiger partial charge in [0, 0.05) is 27.5 Å². The van der Waals surface area contributed by atoms with Crippen LogP contribution in [0.25, 0.3) is 10.8 Å². The average molecular weight is 369 g/mol. The molecule has 3 rings (SSSR count). The zero-order chi connectivity index (χ0) is 19.4. The van der Waals surface area contributed by atoms with Crippen LogP contribution in [0, 0.1) is 0 Å². The van der Waals surface area contributed by atoms with E-state index in [1.165, 1.54) is 0 Å². The molecule has 6 nitrogen and oxygen atoms in total. The number of esters is 1. The van der Waals surface area contributed by atoms with Crippen LogP contribution in [0.5, 0.6) is 11.5 Å². The second kappa shape index (κ2) is 8.12. The predicted octanol–water partition coefficient (Wildman–Crippen LogP) is 3.63. The molecule has 2 N–H and O–H groups in total. The highest BCUT2D eigenvalue weighted by Crippen LogP contribution is 2.43. The third-order valence-corrected chi connectivity index (χ3v) is 4.60. The Bertz CT molecular complexity index is 903. The van der Waals surface area contributed by atoms with E-state index in [4.69, 9.17) is 9.47 Å². The number of fused-ring (bicyclic) bond motifs is 2. The third kappa shape index (κ3) is 4.05. The van der Waals surface area contributed by atoms with Crippen LogP contribution in [0.1, 0.15) is 30.9 Å². The number of amides is 1. The number of carbonyl (C=O) groups excluding carboxylic acids is 2. The maximum Gasteiger partial charge on any atom is 0.412 e. The largest absolute Gasteiger partial charge is 0.507 e. The van der Waals surface area contributed by atoms with E-state index in [0.29, 0.717) is 22.1 Å². The molecule has 6 heteroatoms. The highest BCUT2D eigenvalue weighted by Gasteiger charge is 2.23. The van der Waals surface area contributed by atoms with Crippen LogP contribution in [0.3, 0.4) is 0 Å².